The molecule has 4 nitrogen and oxygen atoms in total. The fourth-order valence-corrected chi connectivity index (χ4v) is 3.69. The van der Waals surface area contributed by atoms with Gasteiger partial charge in [0.15, 0.2) is 0 Å². The molecule has 1 atom stereocenters. The standard InChI is InChI=1S/C19H21FN2O2S/c1-12-16(17-7-15(20)2-3-18(17)22-12)8-19(24)21-9-14(10-23)6-13-4-5-25-11-13/h2-5,7,11,14,22-23H,6,8-10H2,1H3,(H,21,24). The number of thiophene rings is 1. The summed E-state index contributed by atoms with van der Waals surface area (Å²) >= 11 is 1.62. The summed E-state index contributed by atoms with van der Waals surface area (Å²) in [5.74, 6) is -0.457. The van der Waals surface area contributed by atoms with Crippen LogP contribution in [0.1, 0.15) is 16.8 Å². The minimum absolute atomic E-state index is 0.0138. The van der Waals surface area contributed by atoms with E-state index in [1.807, 2.05) is 23.8 Å². The Bertz CT molecular complexity index is 858. The number of aromatic nitrogens is 1. The zero-order chi connectivity index (χ0) is 17.8. The number of aromatic amines is 1. The summed E-state index contributed by atoms with van der Waals surface area (Å²) in [6.07, 6.45) is 0.920. The van der Waals surface area contributed by atoms with Crippen molar-refractivity contribution >= 4 is 28.1 Å². The highest BCUT2D eigenvalue weighted by Gasteiger charge is 2.15. The minimum Gasteiger partial charge on any atom is -0.396 e. The Morgan fingerprint density at radius 3 is 2.96 bits per heavy atom. The summed E-state index contributed by atoms with van der Waals surface area (Å²) in [6.45, 7) is 2.32. The molecule has 0 aliphatic carbocycles. The van der Waals surface area contributed by atoms with Crippen LogP contribution < -0.4 is 5.32 Å². The predicted octanol–water partition coefficient (Wildman–Crippen LogP) is 3.19. The monoisotopic (exact) mass is 360 g/mol. The lowest BCUT2D eigenvalue weighted by atomic mass is 10.0. The number of aliphatic hydroxyl groups is 1. The van der Waals surface area contributed by atoms with Crippen LogP contribution in [0, 0.1) is 18.7 Å². The number of aryl methyl sites for hydroxylation is 1. The average molecular weight is 360 g/mol. The van der Waals surface area contributed by atoms with Crippen LogP contribution >= 0.6 is 11.3 Å². The number of carbonyl (C=O) groups excluding carboxylic acids is 1. The topological polar surface area (TPSA) is 65.1 Å². The number of fused-ring (bicyclic) bond motifs is 1. The van der Waals surface area contributed by atoms with Crippen molar-refractivity contribution in [2.24, 2.45) is 5.92 Å². The molecule has 0 saturated heterocycles. The van der Waals surface area contributed by atoms with Gasteiger partial charge in [0.1, 0.15) is 5.82 Å². The van der Waals surface area contributed by atoms with Gasteiger partial charge in [0.05, 0.1) is 6.42 Å². The molecule has 0 aliphatic heterocycles. The fraction of sp³-hybridized carbons (Fsp3) is 0.316. The Morgan fingerprint density at radius 2 is 2.24 bits per heavy atom. The molecule has 2 aromatic heterocycles. The van der Waals surface area contributed by atoms with Crippen LogP contribution in [0.5, 0.6) is 0 Å². The zero-order valence-electron chi connectivity index (χ0n) is 14.0. The van der Waals surface area contributed by atoms with E-state index in [1.165, 1.54) is 17.7 Å². The lowest BCUT2D eigenvalue weighted by Gasteiger charge is -2.14. The first-order valence-electron chi connectivity index (χ1n) is 8.22. The Hall–Kier alpha value is -2.18. The van der Waals surface area contributed by atoms with Gasteiger partial charge in [-0.1, -0.05) is 0 Å². The molecule has 3 rings (SSSR count). The van der Waals surface area contributed by atoms with Gasteiger partial charge in [-0.3, -0.25) is 4.79 Å². The van der Waals surface area contributed by atoms with Gasteiger partial charge in [-0.2, -0.15) is 11.3 Å². The number of hydrogen-bond donors (Lipinski definition) is 3. The molecular weight excluding hydrogens is 339 g/mol. The average Bonchev–Trinajstić information content (AvgIpc) is 3.20. The molecule has 2 heterocycles. The van der Waals surface area contributed by atoms with Gasteiger partial charge in [0, 0.05) is 35.7 Å². The maximum Gasteiger partial charge on any atom is 0.224 e. The quantitative estimate of drug-likeness (QED) is 0.606. The number of benzene rings is 1. The molecule has 1 amide bonds. The molecule has 0 spiro atoms. The first-order chi connectivity index (χ1) is 12.1. The van der Waals surface area contributed by atoms with Crippen LogP contribution in [-0.4, -0.2) is 29.1 Å². The van der Waals surface area contributed by atoms with Gasteiger partial charge in [-0.05, 0) is 59.5 Å². The largest absolute Gasteiger partial charge is 0.396 e. The molecule has 0 aliphatic rings. The van der Waals surface area contributed by atoms with Crippen molar-refractivity contribution in [3.05, 3.63) is 57.7 Å². The summed E-state index contributed by atoms with van der Waals surface area (Å²) in [7, 11) is 0. The van der Waals surface area contributed by atoms with Crippen molar-refractivity contribution < 1.29 is 14.3 Å². The summed E-state index contributed by atoms with van der Waals surface area (Å²) in [5, 5.41) is 17.2. The molecule has 3 aromatic rings. The Labute approximate surface area is 149 Å². The summed E-state index contributed by atoms with van der Waals surface area (Å²) in [5.41, 5.74) is 3.67. The number of H-pyrrole nitrogens is 1. The van der Waals surface area contributed by atoms with E-state index in [4.69, 9.17) is 0 Å². The van der Waals surface area contributed by atoms with E-state index in [0.717, 1.165) is 28.6 Å². The molecule has 0 fully saturated rings. The van der Waals surface area contributed by atoms with Gasteiger partial charge < -0.3 is 15.4 Å². The fourth-order valence-electron chi connectivity index (χ4n) is 3.01. The van der Waals surface area contributed by atoms with Crippen LogP contribution in [0.4, 0.5) is 4.39 Å². The van der Waals surface area contributed by atoms with E-state index in [9.17, 15) is 14.3 Å². The molecule has 3 N–H and O–H groups in total. The molecule has 6 heteroatoms. The number of aliphatic hydroxyl groups excluding tert-OH is 1. The van der Waals surface area contributed by atoms with Crippen LogP contribution in [0.15, 0.2) is 35.0 Å². The number of hydrogen-bond acceptors (Lipinski definition) is 3. The Balaban J connectivity index is 1.62. The highest BCUT2D eigenvalue weighted by Crippen LogP contribution is 2.23. The summed E-state index contributed by atoms with van der Waals surface area (Å²) in [6, 6.07) is 6.56. The third-order valence-electron chi connectivity index (χ3n) is 4.37. The van der Waals surface area contributed by atoms with Gasteiger partial charge in [-0.25, -0.2) is 4.39 Å². The SMILES string of the molecule is Cc1[nH]c2ccc(F)cc2c1CC(=O)NCC(CO)Cc1ccsc1. The second-order valence-electron chi connectivity index (χ2n) is 6.28. The van der Waals surface area contributed by atoms with Crippen molar-refractivity contribution in [3.8, 4) is 0 Å². The van der Waals surface area contributed by atoms with E-state index >= 15 is 0 Å². The predicted molar refractivity (Wildman–Crippen MR) is 98.3 cm³/mol. The minimum atomic E-state index is -0.315. The number of amides is 1. The van der Waals surface area contributed by atoms with E-state index in [1.54, 1.807) is 17.4 Å². The van der Waals surface area contributed by atoms with E-state index in [2.05, 4.69) is 10.3 Å². The van der Waals surface area contributed by atoms with Crippen LogP contribution in [0.3, 0.4) is 0 Å². The van der Waals surface area contributed by atoms with Crippen LogP contribution in [-0.2, 0) is 17.6 Å². The van der Waals surface area contributed by atoms with Crippen LogP contribution in [0.2, 0.25) is 0 Å². The molecule has 0 bridgehead atoms. The number of nitrogens with one attached hydrogen (secondary N) is 2. The van der Waals surface area contributed by atoms with E-state index < -0.39 is 0 Å². The van der Waals surface area contributed by atoms with E-state index in [0.29, 0.717) is 6.54 Å². The Kier molecular flexibility index (Phi) is 5.50. The van der Waals surface area contributed by atoms with Crippen molar-refractivity contribution in [2.45, 2.75) is 19.8 Å². The molecule has 25 heavy (non-hydrogen) atoms. The normalized spacial score (nSPS) is 12.4. The number of halogens is 1. The first-order valence-corrected chi connectivity index (χ1v) is 9.16. The lowest BCUT2D eigenvalue weighted by molar-refractivity contribution is -0.120. The van der Waals surface area contributed by atoms with Crippen LogP contribution in [0.25, 0.3) is 10.9 Å². The zero-order valence-corrected chi connectivity index (χ0v) is 14.8. The highest BCUT2D eigenvalue weighted by molar-refractivity contribution is 7.07. The van der Waals surface area contributed by atoms with Crippen molar-refractivity contribution in [3.63, 3.8) is 0 Å². The second kappa shape index (κ2) is 7.80. The smallest absolute Gasteiger partial charge is 0.224 e. The summed E-state index contributed by atoms with van der Waals surface area (Å²) < 4.78 is 13.5. The third kappa shape index (κ3) is 4.27. The van der Waals surface area contributed by atoms with Crippen molar-refractivity contribution in [1.82, 2.24) is 10.3 Å². The number of carbonyl (C=O) groups is 1. The lowest BCUT2D eigenvalue weighted by Crippen LogP contribution is -2.32. The van der Waals surface area contributed by atoms with Gasteiger partial charge in [0.2, 0.25) is 5.91 Å². The molecule has 0 radical (unpaired) electrons. The molecule has 0 saturated carbocycles. The molecule has 132 valence electrons. The highest BCUT2D eigenvalue weighted by atomic mass is 32.1. The van der Waals surface area contributed by atoms with Crippen molar-refractivity contribution in [2.75, 3.05) is 13.2 Å². The third-order valence-corrected chi connectivity index (χ3v) is 5.10. The maximum atomic E-state index is 13.5. The van der Waals surface area contributed by atoms with Crippen molar-refractivity contribution in [1.29, 1.82) is 0 Å². The molecular formula is C19H21FN2O2S. The molecule has 1 unspecified atom stereocenters. The Morgan fingerprint density at radius 1 is 1.40 bits per heavy atom. The van der Waals surface area contributed by atoms with Gasteiger partial charge in [0.25, 0.3) is 0 Å². The maximum absolute atomic E-state index is 13.5. The molecule has 1 aromatic carbocycles. The first kappa shape index (κ1) is 17.6. The van der Waals surface area contributed by atoms with Gasteiger partial charge >= 0.3 is 0 Å². The van der Waals surface area contributed by atoms with E-state index in [-0.39, 0.29) is 30.7 Å². The van der Waals surface area contributed by atoms with Gasteiger partial charge in [-0.15, -0.1) is 0 Å². The second-order valence-corrected chi connectivity index (χ2v) is 7.06. The number of rotatable bonds is 7. The summed E-state index contributed by atoms with van der Waals surface area (Å²) in [4.78, 5) is 15.5.